The van der Waals surface area contributed by atoms with Crippen LogP contribution in [0.3, 0.4) is 0 Å². The molecule has 0 saturated carbocycles. The fraction of sp³-hybridized carbons (Fsp3) is 0.0588. The lowest BCUT2D eigenvalue weighted by Crippen LogP contribution is -2.16. The predicted molar refractivity (Wildman–Crippen MR) is 309 cm³/mol. The molecule has 6 heteroatoms. The van der Waals surface area contributed by atoms with Gasteiger partial charge in [0.2, 0.25) is 0 Å². The van der Waals surface area contributed by atoms with Gasteiger partial charge >= 0.3 is 0 Å². The van der Waals surface area contributed by atoms with Gasteiger partial charge in [-0.25, -0.2) is 0 Å². The van der Waals surface area contributed by atoms with Crippen LogP contribution in [-0.2, 0) is 0 Å². The van der Waals surface area contributed by atoms with E-state index in [1.165, 1.54) is 65.3 Å². The van der Waals surface area contributed by atoms with Crippen molar-refractivity contribution in [2.45, 2.75) is 27.7 Å². The molecule has 0 aliphatic heterocycles. The molecule has 350 valence electrons. The second kappa shape index (κ2) is 16.0. The Morgan fingerprint density at radius 2 is 0.608 bits per heavy atom. The zero-order valence-electron chi connectivity index (χ0n) is 41.5. The Morgan fingerprint density at radius 1 is 0.270 bits per heavy atom. The summed E-state index contributed by atoms with van der Waals surface area (Å²) >= 11 is 0. The Hall–Kier alpha value is -9.52. The van der Waals surface area contributed by atoms with Crippen molar-refractivity contribution in [3.8, 4) is 45.1 Å². The zero-order chi connectivity index (χ0) is 49.3. The molecule has 0 bridgehead atoms. The van der Waals surface area contributed by atoms with Crippen molar-refractivity contribution < 1.29 is 0 Å². The molecular formula is C68H48N6. The monoisotopic (exact) mass is 948 g/mol. The minimum Gasteiger partial charge on any atom is -0.308 e. The van der Waals surface area contributed by atoms with Crippen molar-refractivity contribution in [3.05, 3.63) is 241 Å². The second-order valence-corrected chi connectivity index (χ2v) is 20.1. The van der Waals surface area contributed by atoms with E-state index in [0.29, 0.717) is 0 Å². The first kappa shape index (κ1) is 42.2. The molecule has 0 N–H and O–H groups in total. The molecule has 6 nitrogen and oxygen atoms in total. The van der Waals surface area contributed by atoms with E-state index in [-0.39, 0.29) is 0 Å². The number of nitrogens with zero attached hydrogens (tertiary/aromatic N) is 6. The van der Waals surface area contributed by atoms with Crippen molar-refractivity contribution in [2.75, 3.05) is 0 Å². The summed E-state index contributed by atoms with van der Waals surface area (Å²) in [7, 11) is 0. The van der Waals surface area contributed by atoms with Crippen molar-refractivity contribution in [2.24, 2.45) is 0 Å². The third-order valence-corrected chi connectivity index (χ3v) is 15.5. The van der Waals surface area contributed by atoms with Crippen LogP contribution < -0.4 is 0 Å². The number of hydrogen-bond donors (Lipinski definition) is 0. The van der Waals surface area contributed by atoms with Crippen LogP contribution >= 0.6 is 0 Å². The van der Waals surface area contributed by atoms with Crippen molar-refractivity contribution in [1.29, 1.82) is 0 Å². The highest BCUT2D eigenvalue weighted by molar-refractivity contribution is 6.18. The van der Waals surface area contributed by atoms with Gasteiger partial charge in [-0.1, -0.05) is 125 Å². The number of benzene rings is 9. The molecule has 0 spiro atoms. The molecule has 74 heavy (non-hydrogen) atoms. The lowest BCUT2D eigenvalue weighted by molar-refractivity contribution is 1.04. The highest BCUT2D eigenvalue weighted by Crippen LogP contribution is 2.54. The second-order valence-electron chi connectivity index (χ2n) is 20.1. The fourth-order valence-electron chi connectivity index (χ4n) is 12.4. The molecule has 0 aliphatic rings. The molecule has 6 heterocycles. The Labute approximate surface area is 427 Å². The molecule has 15 aromatic rings. The van der Waals surface area contributed by atoms with E-state index in [9.17, 15) is 0 Å². The van der Waals surface area contributed by atoms with Crippen LogP contribution in [0.4, 0.5) is 0 Å². The van der Waals surface area contributed by atoms with Gasteiger partial charge in [-0.3, -0.25) is 9.97 Å². The average Bonchev–Trinajstić information content (AvgIpc) is 4.15. The van der Waals surface area contributed by atoms with Crippen LogP contribution in [0.25, 0.3) is 132 Å². The topological polar surface area (TPSA) is 45.5 Å². The number of aryl methyl sites for hydroxylation is 4. The predicted octanol–water partition coefficient (Wildman–Crippen LogP) is 17.4. The Kier molecular flexibility index (Phi) is 9.12. The number of rotatable bonds is 6. The smallest absolute Gasteiger partial charge is 0.0962 e. The third kappa shape index (κ3) is 5.99. The molecule has 0 radical (unpaired) electrons. The maximum absolute atomic E-state index is 5.48. The normalized spacial score (nSPS) is 12.1. The minimum absolute atomic E-state index is 0.853. The fourth-order valence-corrected chi connectivity index (χ4v) is 12.4. The molecule has 6 aromatic heterocycles. The van der Waals surface area contributed by atoms with Gasteiger partial charge in [-0.05, 0) is 130 Å². The minimum atomic E-state index is 0.853. The van der Waals surface area contributed by atoms with Crippen LogP contribution in [0.2, 0.25) is 0 Å². The first-order valence-electron chi connectivity index (χ1n) is 25.5. The summed E-state index contributed by atoms with van der Waals surface area (Å²) in [6.45, 7) is 8.79. The van der Waals surface area contributed by atoms with Gasteiger partial charge in [-0.2, -0.15) is 0 Å². The quantitative estimate of drug-likeness (QED) is 0.167. The standard InChI is InChI=1S/C68H48N6/c1-41-24-28-59-50(37-41)46-15-5-9-20-55(46)71(59)65-63(45-32-35-69-36-33-45)66(72-56-21-10-6-16-47(56)51-38-42(2)25-29-60(51)72)68(74-58-23-12-8-18-49(58)53-40-44(4)27-31-62(53)74)67(64(65)54-19-13-14-34-70-54)73-57-22-11-7-17-48(57)52-39-43(3)26-30-61(52)73/h5-40H,1-4H3. The lowest BCUT2D eigenvalue weighted by atomic mass is 9.91. The highest BCUT2D eigenvalue weighted by Gasteiger charge is 2.35. The maximum atomic E-state index is 5.48. The first-order valence-corrected chi connectivity index (χ1v) is 25.5. The van der Waals surface area contributed by atoms with Crippen LogP contribution in [0.1, 0.15) is 22.3 Å². The number of hydrogen-bond acceptors (Lipinski definition) is 2. The van der Waals surface area contributed by atoms with Crippen molar-refractivity contribution >= 4 is 87.2 Å². The third-order valence-electron chi connectivity index (χ3n) is 15.5. The average molecular weight is 949 g/mol. The molecule has 0 fully saturated rings. The summed E-state index contributed by atoms with van der Waals surface area (Å²) in [5.41, 5.74) is 21.7. The summed E-state index contributed by atoms with van der Waals surface area (Å²) in [6, 6.07) is 74.3. The highest BCUT2D eigenvalue weighted by atomic mass is 15.1. The maximum Gasteiger partial charge on any atom is 0.0962 e. The largest absolute Gasteiger partial charge is 0.308 e. The van der Waals surface area contributed by atoms with Gasteiger partial charge < -0.3 is 18.3 Å². The number of aromatic nitrogens is 6. The van der Waals surface area contributed by atoms with E-state index in [2.05, 4.69) is 240 Å². The number of para-hydroxylation sites is 4. The van der Waals surface area contributed by atoms with E-state index in [1.54, 1.807) is 0 Å². The summed E-state index contributed by atoms with van der Waals surface area (Å²) in [5, 5.41) is 9.51. The van der Waals surface area contributed by atoms with Gasteiger partial charge in [0.05, 0.1) is 78.1 Å². The molecule has 0 saturated heterocycles. The molecule has 0 atom stereocenters. The van der Waals surface area contributed by atoms with Gasteiger partial charge in [0.25, 0.3) is 0 Å². The Bertz CT molecular complexity index is 4630. The van der Waals surface area contributed by atoms with Gasteiger partial charge in [0.15, 0.2) is 0 Å². The molecule has 0 amide bonds. The first-order chi connectivity index (χ1) is 36.4. The summed E-state index contributed by atoms with van der Waals surface area (Å²) in [5.74, 6) is 0. The zero-order valence-corrected chi connectivity index (χ0v) is 41.5. The van der Waals surface area contributed by atoms with E-state index in [1.807, 2.05) is 24.7 Å². The summed E-state index contributed by atoms with van der Waals surface area (Å²) < 4.78 is 10.3. The van der Waals surface area contributed by atoms with Gasteiger partial charge in [0, 0.05) is 67.2 Å². The van der Waals surface area contributed by atoms with E-state index in [4.69, 9.17) is 9.97 Å². The molecule has 9 aromatic carbocycles. The van der Waals surface area contributed by atoms with Crippen LogP contribution in [-0.4, -0.2) is 28.2 Å². The number of pyridine rings is 2. The summed E-state index contributed by atoms with van der Waals surface area (Å²) in [4.78, 5) is 10.2. The van der Waals surface area contributed by atoms with Crippen LogP contribution in [0.15, 0.2) is 219 Å². The Balaban J connectivity index is 1.35. The van der Waals surface area contributed by atoms with Crippen molar-refractivity contribution in [1.82, 2.24) is 28.2 Å². The molecule has 15 rings (SSSR count). The Morgan fingerprint density at radius 3 is 1.00 bits per heavy atom. The number of fused-ring (bicyclic) bond motifs is 12. The molecule has 0 unspecified atom stereocenters. The van der Waals surface area contributed by atoms with E-state index >= 15 is 0 Å². The van der Waals surface area contributed by atoms with Crippen LogP contribution in [0, 0.1) is 27.7 Å². The molecule has 0 aliphatic carbocycles. The van der Waals surface area contributed by atoms with E-state index < -0.39 is 0 Å². The lowest BCUT2D eigenvalue weighted by Gasteiger charge is -2.31. The van der Waals surface area contributed by atoms with E-state index in [0.717, 1.165) is 89.3 Å². The van der Waals surface area contributed by atoms with Gasteiger partial charge in [-0.15, -0.1) is 0 Å². The van der Waals surface area contributed by atoms with Crippen molar-refractivity contribution in [3.63, 3.8) is 0 Å². The van der Waals surface area contributed by atoms with Crippen LogP contribution in [0.5, 0.6) is 0 Å². The summed E-state index contributed by atoms with van der Waals surface area (Å²) in [6.07, 6.45) is 5.84. The van der Waals surface area contributed by atoms with Gasteiger partial charge in [0.1, 0.15) is 0 Å². The molecular weight excluding hydrogens is 901 g/mol. The SMILES string of the molecule is Cc1ccc2c(c1)c1ccccc1n2-c1c(-c2ccncc2)c(-n2c3ccccc3c3cc(C)ccc32)c(-n2c3ccccc3c3cc(C)ccc32)c(-n2c3ccccc3c3cc(C)ccc32)c1-c1ccccn1.